The molecule has 5 nitrogen and oxygen atoms in total. The molecule has 0 radical (unpaired) electrons. The van der Waals surface area contributed by atoms with Crippen molar-refractivity contribution in [1.82, 2.24) is 4.42 Å². The van der Waals surface area contributed by atoms with Crippen LogP contribution in [0.15, 0.2) is 54.6 Å². The van der Waals surface area contributed by atoms with Crippen molar-refractivity contribution in [1.29, 1.82) is 0 Å². The predicted molar refractivity (Wildman–Crippen MR) is 112 cm³/mol. The molecule has 0 aliphatic heterocycles. The van der Waals surface area contributed by atoms with Crippen molar-refractivity contribution in [3.05, 3.63) is 54.6 Å². The highest BCUT2D eigenvalue weighted by atomic mass is 35.5. The third-order valence-corrected chi connectivity index (χ3v) is 3.62. The van der Waals surface area contributed by atoms with Crippen LogP contribution in [0.25, 0.3) is 11.1 Å². The Morgan fingerprint density at radius 1 is 1.04 bits per heavy atom. The number of hydrogen-bond acceptors (Lipinski definition) is 3. The molecule has 6 heteroatoms. The second-order valence-electron chi connectivity index (χ2n) is 5.59. The fraction of sp³-hybridized carbons (Fsp3) is 0.333. The minimum Gasteiger partial charge on any atom is -0.393 e. The standard InChI is InChI=1S/C17H19NO2.C2H4ClNO.C2H6/c1-12(13(2)19)17(20)18-16-10-8-15(9-11-16)14-6-4-3-5-7-14;1-4(3)2-5;1-2/h3-13,19H,1-2H3,(H,18,20);2H,1H3;1-2H3. The molecule has 2 aromatic rings. The number of aliphatic hydroxyl groups excluding tert-OH is 1. The molecule has 2 amide bonds. The maximum absolute atomic E-state index is 11.8. The summed E-state index contributed by atoms with van der Waals surface area (Å²) in [6.07, 6.45) is -0.139. The van der Waals surface area contributed by atoms with E-state index in [0.29, 0.717) is 6.41 Å². The predicted octanol–water partition coefficient (Wildman–Crippen LogP) is 4.56. The van der Waals surface area contributed by atoms with E-state index in [9.17, 15) is 14.7 Å². The molecule has 0 spiro atoms. The van der Waals surface area contributed by atoms with E-state index in [2.05, 4.69) is 5.32 Å². The van der Waals surface area contributed by atoms with Crippen molar-refractivity contribution in [2.45, 2.75) is 33.8 Å². The van der Waals surface area contributed by atoms with Gasteiger partial charge in [-0.05, 0) is 30.2 Å². The van der Waals surface area contributed by atoms with Gasteiger partial charge in [0.05, 0.1) is 12.0 Å². The van der Waals surface area contributed by atoms with Crippen LogP contribution in [-0.4, -0.2) is 35.0 Å². The van der Waals surface area contributed by atoms with Crippen LogP contribution in [0.1, 0.15) is 27.7 Å². The average Bonchev–Trinajstić information content (AvgIpc) is 2.70. The molecule has 0 aliphatic rings. The van der Waals surface area contributed by atoms with Gasteiger partial charge in [-0.2, -0.15) is 0 Å². The molecule has 0 fully saturated rings. The second-order valence-corrected chi connectivity index (χ2v) is 6.13. The van der Waals surface area contributed by atoms with Crippen LogP contribution in [-0.2, 0) is 9.59 Å². The molecule has 0 aliphatic carbocycles. The van der Waals surface area contributed by atoms with Crippen molar-refractivity contribution < 1.29 is 14.7 Å². The lowest BCUT2D eigenvalue weighted by atomic mass is 10.0. The van der Waals surface area contributed by atoms with Crippen LogP contribution in [0.5, 0.6) is 0 Å². The Morgan fingerprint density at radius 2 is 1.48 bits per heavy atom. The minimum absolute atomic E-state index is 0.174. The molecular weight excluding hydrogens is 364 g/mol. The molecule has 0 bridgehead atoms. The Kier molecular flexibility index (Phi) is 12.6. The zero-order chi connectivity index (χ0) is 20.8. The fourth-order valence-electron chi connectivity index (χ4n) is 1.85. The first kappa shape index (κ1) is 24.6. The highest BCUT2D eigenvalue weighted by Gasteiger charge is 2.17. The van der Waals surface area contributed by atoms with Crippen LogP contribution in [0.3, 0.4) is 0 Å². The summed E-state index contributed by atoms with van der Waals surface area (Å²) in [4.78, 5) is 21.1. The van der Waals surface area contributed by atoms with Crippen LogP contribution in [0.4, 0.5) is 5.69 Å². The summed E-state index contributed by atoms with van der Waals surface area (Å²) >= 11 is 4.93. The van der Waals surface area contributed by atoms with E-state index >= 15 is 0 Å². The summed E-state index contributed by atoms with van der Waals surface area (Å²) < 4.78 is 0.917. The van der Waals surface area contributed by atoms with E-state index in [-0.39, 0.29) is 5.91 Å². The van der Waals surface area contributed by atoms with Crippen molar-refractivity contribution in [2.24, 2.45) is 5.92 Å². The third kappa shape index (κ3) is 9.78. The number of aliphatic hydroxyl groups is 1. The summed E-state index contributed by atoms with van der Waals surface area (Å²) in [5.41, 5.74) is 2.98. The number of benzene rings is 2. The highest BCUT2D eigenvalue weighted by molar-refractivity contribution is 6.17. The summed E-state index contributed by atoms with van der Waals surface area (Å²) in [6, 6.07) is 17.7. The Bertz CT molecular complexity index is 659. The number of anilines is 1. The van der Waals surface area contributed by atoms with Crippen molar-refractivity contribution in [3.8, 4) is 11.1 Å². The third-order valence-electron chi connectivity index (χ3n) is 3.54. The van der Waals surface area contributed by atoms with Gasteiger partial charge in [-0.3, -0.25) is 14.0 Å². The van der Waals surface area contributed by atoms with Gasteiger partial charge in [-0.15, -0.1) is 0 Å². The van der Waals surface area contributed by atoms with Gasteiger partial charge in [0.2, 0.25) is 12.3 Å². The molecule has 0 heterocycles. The van der Waals surface area contributed by atoms with E-state index in [4.69, 9.17) is 11.8 Å². The molecule has 2 N–H and O–H groups in total. The van der Waals surface area contributed by atoms with Gasteiger partial charge in [0.15, 0.2) is 0 Å². The SMILES string of the molecule is CC.CC(O)C(C)C(=O)Nc1ccc(-c2ccccc2)cc1.CN(Cl)C=O. The van der Waals surface area contributed by atoms with E-state index in [1.165, 1.54) is 7.05 Å². The normalized spacial score (nSPS) is 11.5. The Labute approximate surface area is 167 Å². The lowest BCUT2D eigenvalue weighted by Crippen LogP contribution is -2.28. The molecule has 2 unspecified atom stereocenters. The van der Waals surface area contributed by atoms with Gasteiger partial charge in [0, 0.05) is 24.5 Å². The number of rotatable bonds is 5. The molecule has 27 heavy (non-hydrogen) atoms. The summed E-state index contributed by atoms with van der Waals surface area (Å²) in [5, 5.41) is 12.2. The van der Waals surface area contributed by atoms with E-state index < -0.39 is 12.0 Å². The zero-order valence-corrected chi connectivity index (χ0v) is 17.3. The van der Waals surface area contributed by atoms with E-state index in [1.807, 2.05) is 68.4 Å². The maximum atomic E-state index is 11.8. The highest BCUT2D eigenvalue weighted by Crippen LogP contribution is 2.21. The van der Waals surface area contributed by atoms with Gasteiger partial charge < -0.3 is 10.4 Å². The first-order valence-electron chi connectivity index (χ1n) is 8.83. The minimum atomic E-state index is -0.654. The van der Waals surface area contributed by atoms with Gasteiger partial charge in [0.1, 0.15) is 0 Å². The van der Waals surface area contributed by atoms with Crippen molar-refractivity contribution in [2.75, 3.05) is 12.4 Å². The molecule has 2 rings (SSSR count). The number of carbonyl (C=O) groups is 2. The number of nitrogens with one attached hydrogen (secondary N) is 1. The van der Waals surface area contributed by atoms with Crippen molar-refractivity contribution in [3.63, 3.8) is 0 Å². The molecule has 0 saturated heterocycles. The number of carbonyl (C=O) groups excluding carboxylic acids is 2. The zero-order valence-electron chi connectivity index (χ0n) is 16.5. The summed E-state index contributed by atoms with van der Waals surface area (Å²) in [6.45, 7) is 7.32. The van der Waals surface area contributed by atoms with Crippen LogP contribution >= 0.6 is 11.8 Å². The molecule has 148 valence electrons. The Balaban J connectivity index is 0.000000838. The van der Waals surface area contributed by atoms with E-state index in [0.717, 1.165) is 21.2 Å². The first-order chi connectivity index (χ1) is 12.8. The second kappa shape index (κ2) is 13.8. The number of amides is 2. The summed E-state index contributed by atoms with van der Waals surface area (Å²) in [7, 11) is 1.45. The van der Waals surface area contributed by atoms with Crippen molar-refractivity contribution >= 4 is 29.8 Å². The molecule has 2 atom stereocenters. The van der Waals surface area contributed by atoms with Crippen LogP contribution < -0.4 is 5.32 Å². The van der Waals surface area contributed by atoms with Gasteiger partial charge in [0.25, 0.3) is 0 Å². The van der Waals surface area contributed by atoms with Gasteiger partial charge >= 0.3 is 0 Å². The maximum Gasteiger partial charge on any atom is 0.229 e. The lowest BCUT2D eigenvalue weighted by Gasteiger charge is -2.14. The summed E-state index contributed by atoms with van der Waals surface area (Å²) in [5.74, 6) is -0.601. The fourth-order valence-corrected chi connectivity index (χ4v) is 1.85. The molecule has 2 aromatic carbocycles. The largest absolute Gasteiger partial charge is 0.393 e. The molecule has 0 saturated carbocycles. The Morgan fingerprint density at radius 3 is 1.89 bits per heavy atom. The smallest absolute Gasteiger partial charge is 0.229 e. The monoisotopic (exact) mass is 392 g/mol. The van der Waals surface area contributed by atoms with Gasteiger partial charge in [-0.1, -0.05) is 63.2 Å². The topological polar surface area (TPSA) is 69.6 Å². The number of nitrogens with zero attached hydrogens (tertiary/aromatic N) is 1. The number of hydrogen-bond donors (Lipinski definition) is 2. The average molecular weight is 393 g/mol. The van der Waals surface area contributed by atoms with Gasteiger partial charge in [-0.25, -0.2) is 0 Å². The molecule has 0 aromatic heterocycles. The number of halogens is 1. The van der Waals surface area contributed by atoms with Crippen LogP contribution in [0.2, 0.25) is 0 Å². The van der Waals surface area contributed by atoms with E-state index in [1.54, 1.807) is 13.8 Å². The first-order valence-corrected chi connectivity index (χ1v) is 9.17. The Hall–Kier alpha value is -2.37. The molecular formula is C21H29ClN2O3. The lowest BCUT2D eigenvalue weighted by molar-refractivity contribution is -0.122. The quantitative estimate of drug-likeness (QED) is 0.578. The van der Waals surface area contributed by atoms with Crippen LogP contribution in [0, 0.1) is 5.92 Å².